The molecule has 9 heteroatoms. The summed E-state index contributed by atoms with van der Waals surface area (Å²) in [4.78, 5) is 22.5. The summed E-state index contributed by atoms with van der Waals surface area (Å²) >= 11 is 0. The van der Waals surface area contributed by atoms with Gasteiger partial charge in [-0.2, -0.15) is 0 Å². The summed E-state index contributed by atoms with van der Waals surface area (Å²) in [5.74, 6) is -0.382. The summed E-state index contributed by atoms with van der Waals surface area (Å²) in [6.07, 6.45) is 70.3. The van der Waals surface area contributed by atoms with E-state index in [1.807, 2.05) is 0 Å². The molecule has 0 aromatic heterocycles. The van der Waals surface area contributed by atoms with E-state index in [1.165, 1.54) is 0 Å². The molecule has 2 atom stereocenters. The fourth-order valence-electron chi connectivity index (χ4n) is 5.43. The van der Waals surface area contributed by atoms with Gasteiger partial charge in [-0.1, -0.05) is 173 Å². The fourth-order valence-corrected chi connectivity index (χ4v) is 6.19. The van der Waals surface area contributed by atoms with Crippen LogP contribution in [0.5, 0.6) is 0 Å². The maximum atomic E-state index is 12.6. The number of phosphoric acid groups is 1. The molecule has 3 N–H and O–H groups in total. The largest absolute Gasteiger partial charge is 0.472 e. The standard InChI is InChI=1S/C53H84NO7P/c1-3-5-7-9-11-13-15-17-19-21-23-25-26-27-28-30-32-34-36-38-40-42-44-46-53(55)61-52(51-60-62(56,57)59-49-47-54)50-58-48-45-43-41-39-37-35-33-31-29-24-22-20-18-16-14-12-10-8-6-4-2/h5-8,11-14,17-20,23-25,27-29,32-35,39,41,52H,3-4,9-10,15-16,21-22,26,30-31,36-38,40,42-51,54H2,1-2H3,(H,56,57)/b7-5-,8-6-,13-11-,14-12-,19-17-,20-18-,25-23-,28-27-,29-24-,34-32-,35-33-,41-39-. The third kappa shape index (κ3) is 47.4. The van der Waals surface area contributed by atoms with Gasteiger partial charge >= 0.3 is 13.8 Å². The van der Waals surface area contributed by atoms with Crippen LogP contribution in [0.3, 0.4) is 0 Å². The van der Waals surface area contributed by atoms with E-state index < -0.39 is 13.9 Å². The number of carbonyl (C=O) groups excluding carboxylic acids is 1. The first-order valence-corrected chi connectivity index (χ1v) is 24.8. The van der Waals surface area contributed by atoms with Crippen molar-refractivity contribution in [2.24, 2.45) is 5.73 Å². The highest BCUT2D eigenvalue weighted by Crippen LogP contribution is 2.43. The second kappa shape index (κ2) is 48.4. The minimum absolute atomic E-state index is 0.0539. The van der Waals surface area contributed by atoms with E-state index in [2.05, 4.69) is 160 Å². The molecule has 0 radical (unpaired) electrons. The van der Waals surface area contributed by atoms with Crippen LogP contribution in [-0.4, -0.2) is 49.9 Å². The number of phosphoric ester groups is 1. The molecule has 0 aliphatic heterocycles. The molecule has 2 unspecified atom stereocenters. The van der Waals surface area contributed by atoms with Gasteiger partial charge in [0.05, 0.1) is 19.8 Å². The lowest BCUT2D eigenvalue weighted by atomic mass is 10.1. The number of hydrogen-bond acceptors (Lipinski definition) is 7. The minimum Gasteiger partial charge on any atom is -0.457 e. The molecule has 0 bridgehead atoms. The van der Waals surface area contributed by atoms with Crippen LogP contribution in [0.2, 0.25) is 0 Å². The lowest BCUT2D eigenvalue weighted by molar-refractivity contribution is -0.154. The van der Waals surface area contributed by atoms with Crippen molar-refractivity contribution in [2.45, 2.75) is 148 Å². The Balaban J connectivity index is 4.22. The van der Waals surface area contributed by atoms with Crippen molar-refractivity contribution in [2.75, 3.05) is 33.0 Å². The highest BCUT2D eigenvalue weighted by Gasteiger charge is 2.25. The van der Waals surface area contributed by atoms with Crippen LogP contribution in [0.15, 0.2) is 146 Å². The quantitative estimate of drug-likeness (QED) is 0.0269. The Kier molecular flexibility index (Phi) is 45.6. The van der Waals surface area contributed by atoms with Gasteiger partial charge in [-0.3, -0.25) is 13.8 Å². The Morgan fingerprint density at radius 3 is 1.26 bits per heavy atom. The lowest BCUT2D eigenvalue weighted by Gasteiger charge is -2.20. The van der Waals surface area contributed by atoms with Crippen LogP contribution in [0.25, 0.3) is 0 Å². The Morgan fingerprint density at radius 1 is 0.484 bits per heavy atom. The highest BCUT2D eigenvalue weighted by molar-refractivity contribution is 7.47. The third-order valence-electron chi connectivity index (χ3n) is 8.75. The van der Waals surface area contributed by atoms with E-state index in [0.717, 1.165) is 116 Å². The van der Waals surface area contributed by atoms with Gasteiger partial charge in [0, 0.05) is 19.6 Å². The van der Waals surface area contributed by atoms with Crippen LogP contribution < -0.4 is 5.73 Å². The number of ether oxygens (including phenoxy) is 2. The van der Waals surface area contributed by atoms with Crippen LogP contribution in [0.1, 0.15) is 142 Å². The van der Waals surface area contributed by atoms with E-state index in [0.29, 0.717) is 13.0 Å². The van der Waals surface area contributed by atoms with Gasteiger partial charge in [0.1, 0.15) is 6.10 Å². The summed E-state index contributed by atoms with van der Waals surface area (Å²) in [6, 6.07) is 0. The first-order chi connectivity index (χ1) is 30.4. The number of esters is 1. The number of unbranched alkanes of at least 4 members (excludes halogenated alkanes) is 5. The summed E-state index contributed by atoms with van der Waals surface area (Å²) in [7, 11) is -4.32. The van der Waals surface area contributed by atoms with Crippen molar-refractivity contribution in [3.63, 3.8) is 0 Å². The molecular formula is C53H84NO7P. The summed E-state index contributed by atoms with van der Waals surface area (Å²) in [5, 5.41) is 0. The maximum absolute atomic E-state index is 12.6. The number of carbonyl (C=O) groups is 1. The predicted octanol–water partition coefficient (Wildman–Crippen LogP) is 14.5. The second-order valence-electron chi connectivity index (χ2n) is 14.5. The summed E-state index contributed by atoms with van der Waals surface area (Å²) < 4.78 is 33.4. The summed E-state index contributed by atoms with van der Waals surface area (Å²) in [5.41, 5.74) is 5.37. The van der Waals surface area contributed by atoms with E-state index in [-0.39, 0.29) is 38.8 Å². The molecule has 0 aromatic carbocycles. The van der Waals surface area contributed by atoms with Crippen LogP contribution >= 0.6 is 7.82 Å². The molecule has 0 aliphatic carbocycles. The van der Waals surface area contributed by atoms with E-state index in [4.69, 9.17) is 24.3 Å². The van der Waals surface area contributed by atoms with E-state index >= 15 is 0 Å². The predicted molar refractivity (Wildman–Crippen MR) is 265 cm³/mol. The Bertz CT molecular complexity index is 1450. The van der Waals surface area contributed by atoms with Gasteiger partial charge in [0.25, 0.3) is 0 Å². The molecule has 0 fully saturated rings. The third-order valence-corrected chi connectivity index (χ3v) is 9.74. The van der Waals surface area contributed by atoms with Crippen LogP contribution in [-0.2, 0) is 27.9 Å². The number of rotatable bonds is 42. The maximum Gasteiger partial charge on any atom is 0.472 e. The number of nitrogens with two attached hydrogens (primary N) is 1. The van der Waals surface area contributed by atoms with Crippen molar-refractivity contribution in [1.29, 1.82) is 0 Å². The fraction of sp³-hybridized carbons (Fsp3) is 0.528. The van der Waals surface area contributed by atoms with Crippen molar-refractivity contribution >= 4 is 13.8 Å². The van der Waals surface area contributed by atoms with Gasteiger partial charge < -0.3 is 20.1 Å². The molecule has 0 heterocycles. The lowest BCUT2D eigenvalue weighted by Crippen LogP contribution is -2.28. The smallest absolute Gasteiger partial charge is 0.457 e. The molecule has 0 aromatic rings. The van der Waals surface area contributed by atoms with Gasteiger partial charge in [-0.25, -0.2) is 4.57 Å². The molecule has 0 saturated carbocycles. The zero-order chi connectivity index (χ0) is 45.1. The monoisotopic (exact) mass is 878 g/mol. The van der Waals surface area contributed by atoms with Crippen molar-refractivity contribution in [3.8, 4) is 0 Å². The molecular weight excluding hydrogens is 794 g/mol. The Labute approximate surface area is 378 Å². The normalized spacial score (nSPS) is 14.7. The second-order valence-corrected chi connectivity index (χ2v) is 16.0. The summed E-state index contributed by atoms with van der Waals surface area (Å²) in [6.45, 7) is 4.45. The average molecular weight is 878 g/mol. The Morgan fingerprint density at radius 2 is 0.855 bits per heavy atom. The zero-order valence-electron chi connectivity index (χ0n) is 38.5. The van der Waals surface area contributed by atoms with Crippen molar-refractivity contribution in [3.05, 3.63) is 146 Å². The number of allylic oxidation sites excluding steroid dienone is 24. The topological polar surface area (TPSA) is 117 Å². The molecule has 0 spiro atoms. The molecule has 8 nitrogen and oxygen atoms in total. The van der Waals surface area contributed by atoms with E-state index in [1.54, 1.807) is 0 Å². The molecule has 0 amide bonds. The van der Waals surface area contributed by atoms with Crippen molar-refractivity contribution < 1.29 is 32.8 Å². The molecule has 0 saturated heterocycles. The molecule has 62 heavy (non-hydrogen) atoms. The van der Waals surface area contributed by atoms with Crippen LogP contribution in [0.4, 0.5) is 0 Å². The van der Waals surface area contributed by atoms with Gasteiger partial charge in [-0.05, 0) is 109 Å². The van der Waals surface area contributed by atoms with Gasteiger partial charge in [0.15, 0.2) is 0 Å². The Hall–Kier alpha value is -3.62. The van der Waals surface area contributed by atoms with Crippen molar-refractivity contribution in [1.82, 2.24) is 0 Å². The zero-order valence-corrected chi connectivity index (χ0v) is 39.4. The average Bonchev–Trinajstić information content (AvgIpc) is 3.26. The molecule has 0 aliphatic rings. The first kappa shape index (κ1) is 58.4. The SMILES string of the molecule is CC/C=C\C/C=C\C/C=C\C/C=C\C/C=C\C/C=C\CCCCCCC(=O)OC(COCCC/C=C\C/C=C\C/C=C\C/C=C\C/C=C\C/C=C\CC)COP(=O)(O)OCCN. The first-order valence-electron chi connectivity index (χ1n) is 23.3. The molecule has 348 valence electrons. The van der Waals surface area contributed by atoms with Gasteiger partial charge in [0.2, 0.25) is 0 Å². The highest BCUT2D eigenvalue weighted by atomic mass is 31.2. The molecule has 0 rings (SSSR count). The van der Waals surface area contributed by atoms with E-state index in [9.17, 15) is 14.3 Å². The van der Waals surface area contributed by atoms with Crippen LogP contribution in [0, 0.1) is 0 Å². The number of hydrogen-bond donors (Lipinski definition) is 2. The minimum atomic E-state index is -4.32. The van der Waals surface area contributed by atoms with Gasteiger partial charge in [-0.15, -0.1) is 0 Å².